The number of hydrogen-bond donors (Lipinski definition) is 1. The molecule has 0 aromatic heterocycles. The fraction of sp³-hybridized carbons (Fsp3) is 0.538. The van der Waals surface area contributed by atoms with E-state index in [4.69, 9.17) is 0 Å². The molecule has 3 heteroatoms. The molecule has 88 valence electrons. The van der Waals surface area contributed by atoms with E-state index in [9.17, 15) is 9.50 Å². The van der Waals surface area contributed by atoms with Gasteiger partial charge in [-0.1, -0.05) is 25.5 Å². The second-order valence-electron chi connectivity index (χ2n) is 4.65. The SMILES string of the molecule is CCC1CCC(O)(c2cccc(Br)c2F)C1. The van der Waals surface area contributed by atoms with Gasteiger partial charge in [0.1, 0.15) is 5.82 Å². The molecule has 0 radical (unpaired) electrons. The molecule has 1 fully saturated rings. The fourth-order valence-electron chi connectivity index (χ4n) is 2.58. The van der Waals surface area contributed by atoms with E-state index in [0.29, 0.717) is 28.8 Å². The molecule has 1 N–H and O–H groups in total. The molecule has 1 aromatic carbocycles. The zero-order chi connectivity index (χ0) is 11.8. The Morgan fingerprint density at radius 1 is 1.56 bits per heavy atom. The van der Waals surface area contributed by atoms with Gasteiger partial charge in [0.15, 0.2) is 0 Å². The van der Waals surface area contributed by atoms with E-state index >= 15 is 0 Å². The van der Waals surface area contributed by atoms with Crippen molar-refractivity contribution in [1.29, 1.82) is 0 Å². The standard InChI is InChI=1S/C13H16BrFO/c1-2-9-6-7-13(16,8-9)10-4-3-5-11(14)12(10)15/h3-5,9,16H,2,6-8H2,1H3. The first-order chi connectivity index (χ1) is 7.57. The van der Waals surface area contributed by atoms with Gasteiger partial charge in [0.25, 0.3) is 0 Å². The molecule has 0 spiro atoms. The summed E-state index contributed by atoms with van der Waals surface area (Å²) in [6.07, 6.45) is 3.38. The van der Waals surface area contributed by atoms with Gasteiger partial charge in [-0.05, 0) is 47.2 Å². The molecule has 2 rings (SSSR count). The molecule has 1 aliphatic rings. The summed E-state index contributed by atoms with van der Waals surface area (Å²) < 4.78 is 14.4. The lowest BCUT2D eigenvalue weighted by Crippen LogP contribution is -2.23. The van der Waals surface area contributed by atoms with Crippen LogP contribution in [0.4, 0.5) is 4.39 Å². The van der Waals surface area contributed by atoms with Gasteiger partial charge in [0, 0.05) is 5.56 Å². The monoisotopic (exact) mass is 286 g/mol. The lowest BCUT2D eigenvalue weighted by molar-refractivity contribution is 0.0360. The van der Waals surface area contributed by atoms with Gasteiger partial charge in [-0.25, -0.2) is 4.39 Å². The fourth-order valence-corrected chi connectivity index (χ4v) is 2.95. The van der Waals surface area contributed by atoms with Gasteiger partial charge >= 0.3 is 0 Å². The van der Waals surface area contributed by atoms with Crippen LogP contribution < -0.4 is 0 Å². The summed E-state index contributed by atoms with van der Waals surface area (Å²) in [4.78, 5) is 0. The molecule has 1 saturated carbocycles. The Bertz CT molecular complexity index is 394. The van der Waals surface area contributed by atoms with E-state index in [1.54, 1.807) is 18.2 Å². The summed E-state index contributed by atoms with van der Waals surface area (Å²) in [5, 5.41) is 10.5. The number of rotatable bonds is 2. The Hall–Kier alpha value is -0.410. The Kier molecular flexibility index (Phi) is 3.36. The Balaban J connectivity index is 2.34. The van der Waals surface area contributed by atoms with Gasteiger partial charge in [0.05, 0.1) is 10.1 Å². The maximum Gasteiger partial charge on any atom is 0.143 e. The van der Waals surface area contributed by atoms with Crippen molar-refractivity contribution in [3.05, 3.63) is 34.1 Å². The first-order valence-corrected chi connectivity index (χ1v) is 6.53. The van der Waals surface area contributed by atoms with E-state index in [-0.39, 0.29) is 5.82 Å². The second-order valence-corrected chi connectivity index (χ2v) is 5.50. The number of benzene rings is 1. The van der Waals surface area contributed by atoms with Crippen molar-refractivity contribution in [1.82, 2.24) is 0 Å². The summed E-state index contributed by atoms with van der Waals surface area (Å²) in [6, 6.07) is 5.13. The third-order valence-electron chi connectivity index (χ3n) is 3.62. The van der Waals surface area contributed by atoms with Gasteiger partial charge < -0.3 is 5.11 Å². The van der Waals surface area contributed by atoms with E-state index in [1.165, 1.54) is 0 Å². The minimum Gasteiger partial charge on any atom is -0.385 e. The van der Waals surface area contributed by atoms with Crippen LogP contribution in [-0.4, -0.2) is 5.11 Å². The van der Waals surface area contributed by atoms with Gasteiger partial charge in [0.2, 0.25) is 0 Å². The molecular weight excluding hydrogens is 271 g/mol. The highest BCUT2D eigenvalue weighted by Crippen LogP contribution is 2.44. The Morgan fingerprint density at radius 3 is 2.94 bits per heavy atom. The smallest absolute Gasteiger partial charge is 0.143 e. The highest BCUT2D eigenvalue weighted by molar-refractivity contribution is 9.10. The minimum absolute atomic E-state index is 0.318. The third kappa shape index (κ3) is 2.03. The lowest BCUT2D eigenvalue weighted by atomic mass is 9.90. The van der Waals surface area contributed by atoms with Gasteiger partial charge in [-0.15, -0.1) is 0 Å². The summed E-state index contributed by atoms with van der Waals surface area (Å²) >= 11 is 3.16. The van der Waals surface area contributed by atoms with Crippen LogP contribution in [0.15, 0.2) is 22.7 Å². The predicted molar refractivity (Wildman–Crippen MR) is 65.6 cm³/mol. The highest BCUT2D eigenvalue weighted by Gasteiger charge is 2.39. The quantitative estimate of drug-likeness (QED) is 0.872. The van der Waals surface area contributed by atoms with Crippen LogP contribution in [0.1, 0.15) is 38.2 Å². The van der Waals surface area contributed by atoms with Crippen LogP contribution in [0.3, 0.4) is 0 Å². The summed E-state index contributed by atoms with van der Waals surface area (Å²) in [6.45, 7) is 2.12. The molecule has 0 bridgehead atoms. The van der Waals surface area contributed by atoms with Crippen molar-refractivity contribution in [2.24, 2.45) is 5.92 Å². The number of aliphatic hydroxyl groups is 1. The van der Waals surface area contributed by atoms with Crippen molar-refractivity contribution in [2.75, 3.05) is 0 Å². The van der Waals surface area contributed by atoms with Crippen molar-refractivity contribution in [3.8, 4) is 0 Å². The number of hydrogen-bond acceptors (Lipinski definition) is 1. The molecule has 0 aliphatic heterocycles. The normalized spacial score (nSPS) is 29.6. The molecule has 0 saturated heterocycles. The van der Waals surface area contributed by atoms with E-state index in [0.717, 1.165) is 12.8 Å². The topological polar surface area (TPSA) is 20.2 Å². The highest BCUT2D eigenvalue weighted by atomic mass is 79.9. The van der Waals surface area contributed by atoms with Crippen LogP contribution in [0.5, 0.6) is 0 Å². The van der Waals surface area contributed by atoms with Crippen LogP contribution >= 0.6 is 15.9 Å². The van der Waals surface area contributed by atoms with Crippen molar-refractivity contribution >= 4 is 15.9 Å². The minimum atomic E-state index is -0.964. The van der Waals surface area contributed by atoms with Crippen LogP contribution in [-0.2, 0) is 5.60 Å². The first kappa shape index (κ1) is 12.1. The second kappa shape index (κ2) is 4.46. The molecular formula is C13H16BrFO. The largest absolute Gasteiger partial charge is 0.385 e. The average Bonchev–Trinajstić information content (AvgIpc) is 2.65. The molecule has 2 atom stereocenters. The summed E-state index contributed by atoms with van der Waals surface area (Å²) in [5.74, 6) is 0.199. The zero-order valence-electron chi connectivity index (χ0n) is 9.34. The molecule has 1 aromatic rings. The van der Waals surface area contributed by atoms with Crippen molar-refractivity contribution < 1.29 is 9.50 Å². The van der Waals surface area contributed by atoms with Crippen LogP contribution in [0.2, 0.25) is 0 Å². The molecule has 0 heterocycles. The van der Waals surface area contributed by atoms with Crippen molar-refractivity contribution in [2.45, 2.75) is 38.2 Å². The molecule has 16 heavy (non-hydrogen) atoms. The third-order valence-corrected chi connectivity index (χ3v) is 4.24. The molecule has 0 amide bonds. The number of halogens is 2. The Morgan fingerprint density at radius 2 is 2.31 bits per heavy atom. The molecule has 1 aliphatic carbocycles. The van der Waals surface area contributed by atoms with E-state index in [1.807, 2.05) is 0 Å². The van der Waals surface area contributed by atoms with Gasteiger partial charge in [-0.2, -0.15) is 0 Å². The van der Waals surface area contributed by atoms with Crippen LogP contribution in [0.25, 0.3) is 0 Å². The molecule has 2 unspecified atom stereocenters. The summed E-state index contributed by atoms with van der Waals surface area (Å²) in [7, 11) is 0. The maximum atomic E-state index is 13.9. The molecule has 1 nitrogen and oxygen atoms in total. The average molecular weight is 287 g/mol. The summed E-state index contributed by atoms with van der Waals surface area (Å²) in [5.41, 5.74) is -0.521. The lowest BCUT2D eigenvalue weighted by Gasteiger charge is -2.24. The predicted octanol–water partition coefficient (Wildman–Crippen LogP) is 3.99. The van der Waals surface area contributed by atoms with E-state index in [2.05, 4.69) is 22.9 Å². The van der Waals surface area contributed by atoms with Crippen molar-refractivity contribution in [3.63, 3.8) is 0 Å². The zero-order valence-corrected chi connectivity index (χ0v) is 10.9. The first-order valence-electron chi connectivity index (χ1n) is 5.73. The van der Waals surface area contributed by atoms with E-state index < -0.39 is 5.60 Å². The maximum absolute atomic E-state index is 13.9. The van der Waals surface area contributed by atoms with Crippen LogP contribution in [0, 0.1) is 11.7 Å². The Labute approximate surface area is 104 Å². The van der Waals surface area contributed by atoms with Gasteiger partial charge in [-0.3, -0.25) is 0 Å².